The summed E-state index contributed by atoms with van der Waals surface area (Å²) < 4.78 is 5.91. The van der Waals surface area contributed by atoms with Gasteiger partial charge >= 0.3 is 0 Å². The molecule has 0 aliphatic carbocycles. The highest BCUT2D eigenvalue weighted by Gasteiger charge is 2.09. The molecule has 0 unspecified atom stereocenters. The Balaban J connectivity index is 2.07. The van der Waals surface area contributed by atoms with Gasteiger partial charge in [-0.3, -0.25) is 0 Å². The molecule has 0 spiro atoms. The molecule has 2 aromatic rings. The van der Waals surface area contributed by atoms with Gasteiger partial charge in [0, 0.05) is 11.8 Å². The smallest absolute Gasteiger partial charge is 0.140 e. The van der Waals surface area contributed by atoms with Crippen molar-refractivity contribution in [1.82, 2.24) is 9.97 Å². The van der Waals surface area contributed by atoms with Gasteiger partial charge in [-0.25, -0.2) is 9.97 Å². The van der Waals surface area contributed by atoms with E-state index in [1.54, 1.807) is 6.20 Å². The first kappa shape index (κ1) is 16.3. The van der Waals surface area contributed by atoms with Crippen molar-refractivity contribution in [3.05, 3.63) is 36.2 Å². The van der Waals surface area contributed by atoms with Crippen LogP contribution < -0.4 is 10.5 Å². The van der Waals surface area contributed by atoms with Crippen LogP contribution in [0.15, 0.2) is 30.5 Å². The molecule has 2 rings (SSSR count). The lowest BCUT2D eigenvalue weighted by Gasteiger charge is -2.16. The number of nitrogen functional groups attached to an aromatic ring is 1. The summed E-state index contributed by atoms with van der Waals surface area (Å²) in [6, 6.07) is 7.68. The molecule has 1 atom stereocenters. The van der Waals surface area contributed by atoms with E-state index in [-0.39, 0.29) is 0 Å². The first-order valence-electron chi connectivity index (χ1n) is 7.78. The van der Waals surface area contributed by atoms with Gasteiger partial charge < -0.3 is 10.5 Å². The van der Waals surface area contributed by atoms with E-state index in [1.165, 1.54) is 6.42 Å². The Morgan fingerprint density at radius 1 is 1.18 bits per heavy atom. The Hall–Kier alpha value is -2.10. The molecular weight excluding hydrogens is 274 g/mol. The lowest BCUT2D eigenvalue weighted by atomic mass is 10.00. The van der Waals surface area contributed by atoms with E-state index in [0.29, 0.717) is 17.7 Å². The number of ether oxygens (including phenoxy) is 1. The zero-order valence-electron chi connectivity index (χ0n) is 13.8. The minimum Gasteiger partial charge on any atom is -0.491 e. The van der Waals surface area contributed by atoms with Crippen LogP contribution in [0.25, 0.3) is 11.3 Å². The minimum atomic E-state index is 0.500. The molecule has 2 N–H and O–H groups in total. The van der Waals surface area contributed by atoms with Crippen LogP contribution >= 0.6 is 0 Å². The Morgan fingerprint density at radius 3 is 2.59 bits per heavy atom. The van der Waals surface area contributed by atoms with Gasteiger partial charge in [-0.15, -0.1) is 0 Å². The van der Waals surface area contributed by atoms with Crippen LogP contribution in [-0.4, -0.2) is 16.6 Å². The van der Waals surface area contributed by atoms with E-state index in [4.69, 9.17) is 10.5 Å². The summed E-state index contributed by atoms with van der Waals surface area (Å²) in [6.45, 7) is 9.38. The number of pyridine rings is 2. The summed E-state index contributed by atoms with van der Waals surface area (Å²) in [7, 11) is 0. The molecule has 0 bridgehead atoms. The molecule has 118 valence electrons. The van der Waals surface area contributed by atoms with Crippen LogP contribution in [0.3, 0.4) is 0 Å². The molecule has 0 saturated carbocycles. The average Bonchev–Trinajstić information content (AvgIpc) is 2.45. The van der Waals surface area contributed by atoms with Crippen LogP contribution in [0.2, 0.25) is 0 Å². The molecule has 2 heterocycles. The van der Waals surface area contributed by atoms with Crippen LogP contribution in [0.5, 0.6) is 5.75 Å². The van der Waals surface area contributed by atoms with Gasteiger partial charge in [0.05, 0.1) is 18.0 Å². The second-order valence-electron chi connectivity index (χ2n) is 6.30. The van der Waals surface area contributed by atoms with Gasteiger partial charge in [-0.05, 0) is 49.4 Å². The largest absolute Gasteiger partial charge is 0.491 e. The Kier molecular flexibility index (Phi) is 5.36. The number of hydrogen-bond acceptors (Lipinski definition) is 4. The molecule has 0 aliphatic heterocycles. The summed E-state index contributed by atoms with van der Waals surface area (Å²) in [5, 5.41) is 0. The summed E-state index contributed by atoms with van der Waals surface area (Å²) in [4.78, 5) is 8.62. The minimum absolute atomic E-state index is 0.500. The van der Waals surface area contributed by atoms with Crippen LogP contribution in [0.4, 0.5) is 5.82 Å². The highest BCUT2D eigenvalue weighted by molar-refractivity contribution is 5.62. The van der Waals surface area contributed by atoms with E-state index in [1.807, 2.05) is 31.2 Å². The second-order valence-corrected chi connectivity index (χ2v) is 6.30. The quantitative estimate of drug-likeness (QED) is 0.872. The van der Waals surface area contributed by atoms with Gasteiger partial charge in [0.25, 0.3) is 0 Å². The Bertz CT molecular complexity index is 625. The van der Waals surface area contributed by atoms with Crippen molar-refractivity contribution in [2.75, 3.05) is 12.3 Å². The fourth-order valence-electron chi connectivity index (χ4n) is 2.57. The first-order chi connectivity index (χ1) is 10.5. The van der Waals surface area contributed by atoms with Crippen LogP contribution in [0.1, 0.15) is 32.9 Å². The van der Waals surface area contributed by atoms with E-state index in [0.717, 1.165) is 29.3 Å². The molecule has 0 amide bonds. The van der Waals surface area contributed by atoms with Crippen molar-refractivity contribution in [3.63, 3.8) is 0 Å². The van der Waals surface area contributed by atoms with Crippen molar-refractivity contribution in [3.8, 4) is 17.0 Å². The predicted molar refractivity (Wildman–Crippen MR) is 90.7 cm³/mol. The first-order valence-corrected chi connectivity index (χ1v) is 7.78. The second kappa shape index (κ2) is 7.25. The topological polar surface area (TPSA) is 61.0 Å². The number of nitrogens with zero attached hydrogens (tertiary/aromatic N) is 2. The van der Waals surface area contributed by atoms with E-state index in [2.05, 4.69) is 30.7 Å². The highest BCUT2D eigenvalue weighted by atomic mass is 16.5. The van der Waals surface area contributed by atoms with Crippen LogP contribution in [0, 0.1) is 18.8 Å². The molecule has 4 nitrogen and oxygen atoms in total. The lowest BCUT2D eigenvalue weighted by molar-refractivity contribution is 0.237. The maximum absolute atomic E-state index is 5.91. The van der Waals surface area contributed by atoms with Crippen molar-refractivity contribution >= 4 is 5.82 Å². The number of anilines is 1. The van der Waals surface area contributed by atoms with Gasteiger partial charge in [0.2, 0.25) is 0 Å². The standard InChI is InChI=1S/C18H25N3O/c1-12(2)9-13(3)11-22-17-6-5-16(21-14(17)4)15-7-8-20-18(19)10-15/h5-8,10,12-13H,9,11H2,1-4H3,(H2,19,20)/t13-/m1/s1. The molecule has 0 radical (unpaired) electrons. The van der Waals surface area contributed by atoms with Crippen molar-refractivity contribution in [1.29, 1.82) is 0 Å². The molecular formula is C18H25N3O. The summed E-state index contributed by atoms with van der Waals surface area (Å²) in [5.74, 6) is 2.58. The van der Waals surface area contributed by atoms with E-state index >= 15 is 0 Å². The molecule has 4 heteroatoms. The number of aromatic nitrogens is 2. The lowest BCUT2D eigenvalue weighted by Crippen LogP contribution is -2.11. The molecule has 0 fully saturated rings. The third kappa shape index (κ3) is 4.45. The summed E-state index contributed by atoms with van der Waals surface area (Å²) in [5.41, 5.74) is 8.47. The number of rotatable bonds is 6. The van der Waals surface area contributed by atoms with Crippen molar-refractivity contribution in [2.24, 2.45) is 11.8 Å². The monoisotopic (exact) mass is 299 g/mol. The SMILES string of the molecule is Cc1nc(-c2ccnc(N)c2)ccc1OC[C@H](C)CC(C)C. The Morgan fingerprint density at radius 2 is 1.95 bits per heavy atom. The van der Waals surface area contributed by atoms with Gasteiger partial charge in [0.1, 0.15) is 11.6 Å². The van der Waals surface area contributed by atoms with Gasteiger partial charge in [-0.2, -0.15) is 0 Å². The van der Waals surface area contributed by atoms with Crippen LogP contribution in [-0.2, 0) is 0 Å². The summed E-state index contributed by atoms with van der Waals surface area (Å²) in [6.07, 6.45) is 2.86. The third-order valence-electron chi connectivity index (χ3n) is 3.51. The van der Waals surface area contributed by atoms with E-state index < -0.39 is 0 Å². The normalized spacial score (nSPS) is 12.4. The molecule has 0 aliphatic rings. The molecule has 0 aromatic carbocycles. The maximum atomic E-state index is 5.91. The Labute approximate surface area is 132 Å². The van der Waals surface area contributed by atoms with Gasteiger partial charge in [-0.1, -0.05) is 20.8 Å². The highest BCUT2D eigenvalue weighted by Crippen LogP contribution is 2.24. The molecule has 0 saturated heterocycles. The fourth-order valence-corrected chi connectivity index (χ4v) is 2.57. The van der Waals surface area contributed by atoms with Crippen molar-refractivity contribution in [2.45, 2.75) is 34.1 Å². The fraction of sp³-hybridized carbons (Fsp3) is 0.444. The summed E-state index contributed by atoms with van der Waals surface area (Å²) >= 11 is 0. The maximum Gasteiger partial charge on any atom is 0.140 e. The third-order valence-corrected chi connectivity index (χ3v) is 3.51. The van der Waals surface area contributed by atoms with E-state index in [9.17, 15) is 0 Å². The zero-order chi connectivity index (χ0) is 16.1. The number of nitrogens with two attached hydrogens (primary N) is 1. The number of aryl methyl sites for hydroxylation is 1. The molecule has 22 heavy (non-hydrogen) atoms. The molecule has 2 aromatic heterocycles. The van der Waals surface area contributed by atoms with Gasteiger partial charge in [0.15, 0.2) is 0 Å². The predicted octanol–water partition coefficient (Wildman–Crippen LogP) is 4.10. The average molecular weight is 299 g/mol. The number of hydrogen-bond donors (Lipinski definition) is 1. The zero-order valence-corrected chi connectivity index (χ0v) is 13.8. The van der Waals surface area contributed by atoms with Crippen molar-refractivity contribution < 1.29 is 4.74 Å².